The van der Waals surface area contributed by atoms with E-state index in [2.05, 4.69) is 5.32 Å². The summed E-state index contributed by atoms with van der Waals surface area (Å²) in [6.45, 7) is 6.09. The monoisotopic (exact) mass is 305 g/mol. The Hall–Kier alpha value is -1.92. The van der Waals surface area contributed by atoms with Gasteiger partial charge in [0.25, 0.3) is 5.91 Å². The van der Waals surface area contributed by atoms with Crippen molar-refractivity contribution in [3.63, 3.8) is 0 Å². The molecular weight excluding hydrogens is 282 g/mol. The standard InChI is InChI=1S/C16H23N3O3/c1-11(2)14(17)15(20)18-13-5-3-4-12(10-13)16(21)19-6-8-22-9-7-19/h3-5,10-11,14H,6-9,17H2,1-2H3,(H,18,20)/t14-/m0/s1. The molecule has 6 heteroatoms. The maximum absolute atomic E-state index is 12.4. The fourth-order valence-electron chi connectivity index (χ4n) is 2.21. The summed E-state index contributed by atoms with van der Waals surface area (Å²) in [5, 5.41) is 2.76. The lowest BCUT2D eigenvalue weighted by molar-refractivity contribution is -0.118. The Balaban J connectivity index is 2.06. The summed E-state index contributed by atoms with van der Waals surface area (Å²) in [4.78, 5) is 26.2. The van der Waals surface area contributed by atoms with Gasteiger partial charge in [-0.05, 0) is 24.1 Å². The molecule has 22 heavy (non-hydrogen) atoms. The highest BCUT2D eigenvalue weighted by atomic mass is 16.5. The van der Waals surface area contributed by atoms with E-state index in [4.69, 9.17) is 10.5 Å². The normalized spacial score (nSPS) is 16.5. The third-order valence-electron chi connectivity index (χ3n) is 3.70. The molecule has 3 N–H and O–H groups in total. The number of hydrogen-bond acceptors (Lipinski definition) is 4. The topological polar surface area (TPSA) is 84.7 Å². The Morgan fingerprint density at radius 2 is 1.95 bits per heavy atom. The van der Waals surface area contributed by atoms with Crippen LogP contribution >= 0.6 is 0 Å². The summed E-state index contributed by atoms with van der Waals surface area (Å²) in [6.07, 6.45) is 0. The second-order valence-corrected chi connectivity index (χ2v) is 5.74. The van der Waals surface area contributed by atoms with E-state index in [1.165, 1.54) is 0 Å². The SMILES string of the molecule is CC(C)[C@H](N)C(=O)Nc1cccc(C(=O)N2CCOCC2)c1. The van der Waals surface area contributed by atoms with E-state index in [1.54, 1.807) is 29.2 Å². The van der Waals surface area contributed by atoms with Crippen LogP contribution in [0.15, 0.2) is 24.3 Å². The van der Waals surface area contributed by atoms with Gasteiger partial charge in [0.1, 0.15) is 0 Å². The molecule has 1 aromatic rings. The molecule has 0 unspecified atom stereocenters. The Bertz CT molecular complexity index is 539. The van der Waals surface area contributed by atoms with Crippen molar-refractivity contribution in [2.75, 3.05) is 31.6 Å². The Labute approximate surface area is 130 Å². The molecule has 1 saturated heterocycles. The van der Waals surface area contributed by atoms with Gasteiger partial charge < -0.3 is 20.7 Å². The molecule has 0 spiro atoms. The first-order valence-corrected chi connectivity index (χ1v) is 7.52. The van der Waals surface area contributed by atoms with Gasteiger partial charge in [0.2, 0.25) is 5.91 Å². The molecule has 0 saturated carbocycles. The molecule has 1 aliphatic rings. The van der Waals surface area contributed by atoms with Gasteiger partial charge in [-0.1, -0.05) is 19.9 Å². The van der Waals surface area contributed by atoms with Crippen LogP contribution < -0.4 is 11.1 Å². The number of carbonyl (C=O) groups is 2. The molecule has 1 aromatic carbocycles. The molecule has 1 atom stereocenters. The maximum Gasteiger partial charge on any atom is 0.254 e. The summed E-state index contributed by atoms with van der Waals surface area (Å²) >= 11 is 0. The summed E-state index contributed by atoms with van der Waals surface area (Å²) in [5.74, 6) is -0.239. The van der Waals surface area contributed by atoms with Crippen molar-refractivity contribution in [3.05, 3.63) is 29.8 Å². The molecule has 1 heterocycles. The third-order valence-corrected chi connectivity index (χ3v) is 3.70. The highest BCUT2D eigenvalue weighted by molar-refractivity contribution is 5.98. The van der Waals surface area contributed by atoms with Crippen molar-refractivity contribution in [1.82, 2.24) is 4.90 Å². The summed E-state index contributed by atoms with van der Waals surface area (Å²) in [6, 6.07) is 6.36. The molecule has 120 valence electrons. The second-order valence-electron chi connectivity index (χ2n) is 5.74. The van der Waals surface area contributed by atoms with Crippen molar-refractivity contribution >= 4 is 17.5 Å². The molecule has 6 nitrogen and oxygen atoms in total. The smallest absolute Gasteiger partial charge is 0.254 e. The predicted molar refractivity (Wildman–Crippen MR) is 84.6 cm³/mol. The third kappa shape index (κ3) is 4.05. The number of carbonyl (C=O) groups excluding carboxylic acids is 2. The van der Waals surface area contributed by atoms with E-state index in [9.17, 15) is 9.59 Å². The molecule has 0 aromatic heterocycles. The molecule has 0 aliphatic carbocycles. The zero-order valence-corrected chi connectivity index (χ0v) is 13.0. The van der Waals surface area contributed by atoms with E-state index < -0.39 is 6.04 Å². The van der Waals surface area contributed by atoms with Crippen LogP contribution in [0, 0.1) is 5.92 Å². The number of nitrogens with zero attached hydrogens (tertiary/aromatic N) is 1. The number of nitrogens with two attached hydrogens (primary N) is 1. The first-order valence-electron chi connectivity index (χ1n) is 7.52. The van der Waals surface area contributed by atoms with Crippen LogP contribution in [0.1, 0.15) is 24.2 Å². The number of amides is 2. The van der Waals surface area contributed by atoms with Crippen LogP contribution in [0.4, 0.5) is 5.69 Å². The Kier molecular flexibility index (Phi) is 5.51. The molecule has 0 radical (unpaired) electrons. The maximum atomic E-state index is 12.4. The highest BCUT2D eigenvalue weighted by Crippen LogP contribution is 2.14. The van der Waals surface area contributed by atoms with Crippen molar-refractivity contribution in [2.45, 2.75) is 19.9 Å². The van der Waals surface area contributed by atoms with Gasteiger partial charge in [-0.15, -0.1) is 0 Å². The summed E-state index contributed by atoms with van der Waals surface area (Å²) < 4.78 is 5.25. The number of nitrogens with one attached hydrogen (secondary N) is 1. The average molecular weight is 305 g/mol. The molecule has 1 aliphatic heterocycles. The zero-order chi connectivity index (χ0) is 16.1. The highest BCUT2D eigenvalue weighted by Gasteiger charge is 2.20. The molecule has 2 rings (SSSR count). The largest absolute Gasteiger partial charge is 0.378 e. The van der Waals surface area contributed by atoms with Crippen molar-refractivity contribution in [3.8, 4) is 0 Å². The van der Waals surface area contributed by atoms with Crippen LogP contribution in [0.2, 0.25) is 0 Å². The van der Waals surface area contributed by atoms with Crippen LogP contribution in [-0.4, -0.2) is 49.1 Å². The first-order chi connectivity index (χ1) is 10.5. The zero-order valence-electron chi connectivity index (χ0n) is 13.0. The minimum absolute atomic E-state index is 0.0486. The lowest BCUT2D eigenvalue weighted by Crippen LogP contribution is -2.41. The van der Waals surface area contributed by atoms with Gasteiger partial charge >= 0.3 is 0 Å². The quantitative estimate of drug-likeness (QED) is 0.872. The van der Waals surface area contributed by atoms with Gasteiger partial charge in [0.05, 0.1) is 19.3 Å². The van der Waals surface area contributed by atoms with Crippen molar-refractivity contribution in [2.24, 2.45) is 11.7 Å². The van der Waals surface area contributed by atoms with E-state index in [0.29, 0.717) is 37.6 Å². The second kappa shape index (κ2) is 7.38. The van der Waals surface area contributed by atoms with Gasteiger partial charge in [0.15, 0.2) is 0 Å². The summed E-state index contributed by atoms with van der Waals surface area (Å²) in [5.41, 5.74) is 6.96. The lowest BCUT2D eigenvalue weighted by Gasteiger charge is -2.27. The van der Waals surface area contributed by atoms with E-state index in [1.807, 2.05) is 13.8 Å². The number of ether oxygens (including phenoxy) is 1. The number of hydrogen-bond donors (Lipinski definition) is 2. The minimum atomic E-state index is -0.571. The van der Waals surface area contributed by atoms with Crippen molar-refractivity contribution in [1.29, 1.82) is 0 Å². The average Bonchev–Trinajstić information content (AvgIpc) is 2.54. The number of benzene rings is 1. The lowest BCUT2D eigenvalue weighted by atomic mass is 10.0. The van der Waals surface area contributed by atoms with Gasteiger partial charge in [-0.2, -0.15) is 0 Å². The molecule has 2 amide bonds. The Morgan fingerprint density at radius 3 is 2.59 bits per heavy atom. The molecular formula is C16H23N3O3. The van der Waals surface area contributed by atoms with Crippen LogP contribution in [0.25, 0.3) is 0 Å². The van der Waals surface area contributed by atoms with Gasteiger partial charge in [-0.25, -0.2) is 0 Å². The van der Waals surface area contributed by atoms with Gasteiger partial charge in [0, 0.05) is 24.3 Å². The number of morpholine rings is 1. The minimum Gasteiger partial charge on any atom is -0.378 e. The fourth-order valence-corrected chi connectivity index (χ4v) is 2.21. The van der Waals surface area contributed by atoms with E-state index >= 15 is 0 Å². The first kappa shape index (κ1) is 16.5. The van der Waals surface area contributed by atoms with Crippen LogP contribution in [0.5, 0.6) is 0 Å². The predicted octanol–water partition coefficient (Wildman–Crippen LogP) is 1.08. The van der Waals surface area contributed by atoms with Crippen LogP contribution in [0.3, 0.4) is 0 Å². The number of rotatable bonds is 4. The van der Waals surface area contributed by atoms with Crippen molar-refractivity contribution < 1.29 is 14.3 Å². The van der Waals surface area contributed by atoms with E-state index in [0.717, 1.165) is 0 Å². The summed E-state index contributed by atoms with van der Waals surface area (Å²) in [7, 11) is 0. The molecule has 1 fully saturated rings. The number of anilines is 1. The Morgan fingerprint density at radius 1 is 1.27 bits per heavy atom. The van der Waals surface area contributed by atoms with Gasteiger partial charge in [-0.3, -0.25) is 9.59 Å². The fraction of sp³-hybridized carbons (Fsp3) is 0.500. The molecule has 0 bridgehead atoms. The van der Waals surface area contributed by atoms with Crippen LogP contribution in [-0.2, 0) is 9.53 Å². The van der Waals surface area contributed by atoms with E-state index in [-0.39, 0.29) is 17.7 Å².